The van der Waals surface area contributed by atoms with E-state index in [1.54, 1.807) is 0 Å². The van der Waals surface area contributed by atoms with Crippen molar-refractivity contribution in [1.29, 1.82) is 0 Å². The van der Waals surface area contributed by atoms with Crippen LogP contribution in [0, 0.1) is 0 Å². The summed E-state index contributed by atoms with van der Waals surface area (Å²) in [6, 6.07) is 19.5. The summed E-state index contributed by atoms with van der Waals surface area (Å²) in [7, 11) is 0. The largest absolute Gasteiger partial charge is 0.494 e. The lowest BCUT2D eigenvalue weighted by atomic mass is 10.1. The van der Waals surface area contributed by atoms with Crippen LogP contribution in [0.5, 0.6) is 23.0 Å². The molecule has 0 aliphatic carbocycles. The summed E-state index contributed by atoms with van der Waals surface area (Å²) < 4.78 is 37.8. The predicted molar refractivity (Wildman–Crippen MR) is 259 cm³/mol. The second-order valence-corrected chi connectivity index (χ2v) is 17.2. The average Bonchev–Trinajstić information content (AvgIpc) is 4.03. The topological polar surface area (TPSA) is 115 Å². The van der Waals surface area contributed by atoms with Gasteiger partial charge in [0.15, 0.2) is 0 Å². The number of ether oxygens (including phenoxy) is 4. The van der Waals surface area contributed by atoms with E-state index < -0.39 is 0 Å². The summed E-state index contributed by atoms with van der Waals surface area (Å²) in [4.78, 5) is 0. The van der Waals surface area contributed by atoms with Crippen LogP contribution in [0.15, 0.2) is 69.5 Å². The summed E-state index contributed by atoms with van der Waals surface area (Å²) in [6.45, 7) is 11.4. The normalized spacial score (nSPS) is 11.3. The molecule has 0 radical (unpaired) electrons. The second-order valence-electron chi connectivity index (χ2n) is 17.2. The van der Waals surface area contributed by atoms with Crippen molar-refractivity contribution in [3.63, 3.8) is 0 Å². The fourth-order valence-electron chi connectivity index (χ4n) is 7.69. The fourth-order valence-corrected chi connectivity index (χ4v) is 7.69. The van der Waals surface area contributed by atoms with E-state index in [2.05, 4.69) is 48.1 Å². The third kappa shape index (κ3) is 17.6. The van der Waals surface area contributed by atoms with Gasteiger partial charge in [0.2, 0.25) is 11.8 Å². The summed E-state index contributed by atoms with van der Waals surface area (Å²) in [5, 5.41) is 18.0. The number of hydrogen-bond donors (Lipinski definition) is 0. The van der Waals surface area contributed by atoms with Crippen LogP contribution in [0.25, 0.3) is 45.8 Å². The molecule has 0 saturated heterocycles. The van der Waals surface area contributed by atoms with Gasteiger partial charge in [-0.05, 0) is 86.3 Å². The summed E-state index contributed by atoms with van der Waals surface area (Å²) in [5.41, 5.74) is 2.92. The van der Waals surface area contributed by atoms with Gasteiger partial charge in [-0.3, -0.25) is 0 Å². The lowest BCUT2D eigenvalue weighted by Gasteiger charge is -2.15. The number of benzene rings is 3. The molecule has 0 bridgehead atoms. The zero-order valence-corrected chi connectivity index (χ0v) is 39.8. The Morgan fingerprint density at radius 1 is 0.328 bits per heavy atom. The molecule has 350 valence electrons. The van der Waals surface area contributed by atoms with E-state index in [4.69, 9.17) is 27.8 Å². The molecule has 5 rings (SSSR count). The maximum atomic E-state index is 6.50. The Kier molecular flexibility index (Phi) is 23.7. The van der Waals surface area contributed by atoms with E-state index in [9.17, 15) is 0 Å². The van der Waals surface area contributed by atoms with Gasteiger partial charge in [0.25, 0.3) is 11.8 Å². The van der Waals surface area contributed by atoms with Gasteiger partial charge in [-0.25, -0.2) is 0 Å². The van der Waals surface area contributed by atoms with Crippen molar-refractivity contribution in [2.45, 2.75) is 182 Å². The van der Waals surface area contributed by atoms with E-state index in [0.29, 0.717) is 72.6 Å². The number of unbranched alkanes of at least 4 members (excludes halogenated alkanes) is 20. The van der Waals surface area contributed by atoms with Crippen molar-refractivity contribution in [3.8, 4) is 68.8 Å². The molecule has 2 heterocycles. The van der Waals surface area contributed by atoms with Crippen molar-refractivity contribution in [3.05, 3.63) is 60.7 Å². The van der Waals surface area contributed by atoms with E-state index >= 15 is 0 Å². The van der Waals surface area contributed by atoms with E-state index in [1.165, 1.54) is 89.9 Å². The van der Waals surface area contributed by atoms with Gasteiger partial charge in [0, 0.05) is 11.1 Å². The van der Waals surface area contributed by atoms with Crippen LogP contribution in [0.3, 0.4) is 0 Å². The Balaban J connectivity index is 1.29. The standard InChI is InChI=1S/C54H78N4O6/c1-5-9-13-17-19-21-23-27-37-59-45-33-29-43(30-34-45)51-55-57-53(63-51)47-41-50(62-40-26-16-12-8-4)48(42-49(47)61-39-25-15-11-7-3)54-58-56-52(64-54)44-31-35-46(36-32-44)60-38-28-24-22-20-18-14-10-6-2/h29-36,41-42H,5-28,37-40H2,1-4H3. The first kappa shape index (κ1) is 50.1. The molecular formula is C54H78N4O6. The first-order valence-corrected chi connectivity index (χ1v) is 25.2. The van der Waals surface area contributed by atoms with Crippen LogP contribution in [-0.2, 0) is 0 Å². The van der Waals surface area contributed by atoms with Crippen molar-refractivity contribution in [2.75, 3.05) is 26.4 Å². The highest BCUT2D eigenvalue weighted by molar-refractivity contribution is 5.76. The van der Waals surface area contributed by atoms with Gasteiger partial charge in [-0.15, -0.1) is 20.4 Å². The molecule has 2 aromatic heterocycles. The van der Waals surface area contributed by atoms with Gasteiger partial charge in [-0.1, -0.05) is 156 Å². The number of nitrogens with zero attached hydrogens (tertiary/aromatic N) is 4. The smallest absolute Gasteiger partial charge is 0.252 e. The maximum absolute atomic E-state index is 6.50. The quantitative estimate of drug-likeness (QED) is 0.0360. The lowest BCUT2D eigenvalue weighted by molar-refractivity contribution is 0.297. The number of hydrogen-bond acceptors (Lipinski definition) is 10. The summed E-state index contributed by atoms with van der Waals surface area (Å²) >= 11 is 0. The predicted octanol–water partition coefficient (Wildman–Crippen LogP) is 16.1. The zero-order chi connectivity index (χ0) is 44.9. The monoisotopic (exact) mass is 879 g/mol. The molecule has 0 N–H and O–H groups in total. The molecule has 0 spiro atoms. The molecular weight excluding hydrogens is 801 g/mol. The molecule has 10 heteroatoms. The van der Waals surface area contributed by atoms with Crippen LogP contribution in [0.2, 0.25) is 0 Å². The summed E-state index contributed by atoms with van der Waals surface area (Å²) in [5.74, 6) is 4.34. The van der Waals surface area contributed by atoms with E-state index in [0.717, 1.165) is 86.8 Å². The maximum Gasteiger partial charge on any atom is 0.252 e. The SMILES string of the molecule is CCCCCCCCCCOc1ccc(-c2nnc(-c3cc(OCCCCCC)c(-c4nnc(-c5ccc(OCCCCCCCCCC)cc5)o4)cc3OCCCCCC)o2)cc1. The van der Waals surface area contributed by atoms with Crippen LogP contribution < -0.4 is 18.9 Å². The molecule has 0 atom stereocenters. The van der Waals surface area contributed by atoms with Crippen molar-refractivity contribution in [1.82, 2.24) is 20.4 Å². The van der Waals surface area contributed by atoms with Gasteiger partial charge < -0.3 is 27.8 Å². The van der Waals surface area contributed by atoms with E-state index in [-0.39, 0.29) is 0 Å². The highest BCUT2D eigenvalue weighted by Crippen LogP contribution is 2.42. The first-order chi connectivity index (χ1) is 31.6. The Bertz CT molecular complexity index is 1820. The fraction of sp³-hybridized carbons (Fsp3) is 0.593. The van der Waals surface area contributed by atoms with Gasteiger partial charge in [0.1, 0.15) is 23.0 Å². The Hall–Kier alpha value is -4.86. The third-order valence-electron chi connectivity index (χ3n) is 11.6. The second kappa shape index (κ2) is 30.3. The molecule has 0 amide bonds. The van der Waals surface area contributed by atoms with Gasteiger partial charge in [0.05, 0.1) is 37.6 Å². The Morgan fingerprint density at radius 2 is 0.609 bits per heavy atom. The van der Waals surface area contributed by atoms with Crippen molar-refractivity contribution < 1.29 is 27.8 Å². The first-order valence-electron chi connectivity index (χ1n) is 25.2. The molecule has 0 saturated carbocycles. The molecule has 0 fully saturated rings. The van der Waals surface area contributed by atoms with Crippen molar-refractivity contribution in [2.24, 2.45) is 0 Å². The Labute approximate surface area is 384 Å². The zero-order valence-electron chi connectivity index (χ0n) is 39.8. The molecule has 64 heavy (non-hydrogen) atoms. The van der Waals surface area contributed by atoms with Gasteiger partial charge >= 0.3 is 0 Å². The van der Waals surface area contributed by atoms with Gasteiger partial charge in [-0.2, -0.15) is 0 Å². The highest BCUT2D eigenvalue weighted by Gasteiger charge is 2.23. The van der Waals surface area contributed by atoms with Crippen LogP contribution in [0.1, 0.15) is 182 Å². The summed E-state index contributed by atoms with van der Waals surface area (Å²) in [6.07, 6.45) is 28.9. The van der Waals surface area contributed by atoms with E-state index in [1.807, 2.05) is 60.7 Å². The molecule has 0 unspecified atom stereocenters. The lowest BCUT2D eigenvalue weighted by Crippen LogP contribution is -2.03. The van der Waals surface area contributed by atoms with Crippen LogP contribution in [-0.4, -0.2) is 46.8 Å². The molecule has 10 nitrogen and oxygen atoms in total. The Morgan fingerprint density at radius 3 is 0.953 bits per heavy atom. The molecule has 0 aliphatic rings. The number of rotatable bonds is 36. The highest BCUT2D eigenvalue weighted by atomic mass is 16.5. The minimum atomic E-state index is 0.340. The third-order valence-corrected chi connectivity index (χ3v) is 11.6. The average molecular weight is 879 g/mol. The number of aromatic nitrogens is 4. The minimum Gasteiger partial charge on any atom is -0.494 e. The molecule has 0 aliphatic heterocycles. The molecule has 3 aromatic carbocycles. The van der Waals surface area contributed by atoms with Crippen LogP contribution >= 0.6 is 0 Å². The van der Waals surface area contributed by atoms with Crippen molar-refractivity contribution >= 4 is 0 Å². The molecule has 5 aromatic rings. The minimum absolute atomic E-state index is 0.340. The van der Waals surface area contributed by atoms with Crippen LogP contribution in [0.4, 0.5) is 0 Å².